The third-order valence-corrected chi connectivity index (χ3v) is 6.35. The number of amides is 2. The first-order chi connectivity index (χ1) is 14.7. The Morgan fingerprint density at radius 2 is 1.65 bits per heavy atom. The zero-order valence-electron chi connectivity index (χ0n) is 18.2. The summed E-state index contributed by atoms with van der Waals surface area (Å²) in [7, 11) is 0. The van der Waals surface area contributed by atoms with Gasteiger partial charge in [0, 0.05) is 13.1 Å². The van der Waals surface area contributed by atoms with E-state index in [1.165, 1.54) is 18.2 Å². The summed E-state index contributed by atoms with van der Waals surface area (Å²) in [6.07, 6.45) is 1.09. The quantitative estimate of drug-likeness (QED) is 0.603. The van der Waals surface area contributed by atoms with Crippen molar-refractivity contribution in [2.75, 3.05) is 18.0 Å². The van der Waals surface area contributed by atoms with E-state index in [1.54, 1.807) is 0 Å². The lowest BCUT2D eigenvalue weighted by atomic mass is 9.90. The van der Waals surface area contributed by atoms with Crippen LogP contribution in [0, 0.1) is 31.5 Å². The molecule has 162 valence electrons. The number of carbonyl (C=O) groups is 2. The zero-order chi connectivity index (χ0) is 22.4. The summed E-state index contributed by atoms with van der Waals surface area (Å²) in [5.74, 6) is -0.557. The molecule has 2 heterocycles. The summed E-state index contributed by atoms with van der Waals surface area (Å²) in [4.78, 5) is 30.5. The van der Waals surface area contributed by atoms with Gasteiger partial charge in [-0.1, -0.05) is 49.2 Å². The first-order valence-electron chi connectivity index (χ1n) is 10.6. The molecule has 1 saturated heterocycles. The Morgan fingerprint density at radius 1 is 0.968 bits per heavy atom. The topological polar surface area (TPSA) is 40.6 Å². The van der Waals surface area contributed by atoms with E-state index in [-0.39, 0.29) is 16.6 Å². The second kappa shape index (κ2) is 8.12. The van der Waals surface area contributed by atoms with E-state index in [4.69, 9.17) is 11.6 Å². The van der Waals surface area contributed by atoms with Crippen molar-refractivity contribution in [2.24, 2.45) is 11.8 Å². The van der Waals surface area contributed by atoms with Crippen molar-refractivity contribution in [3.8, 4) is 0 Å². The highest BCUT2D eigenvalue weighted by molar-refractivity contribution is 6.45. The lowest BCUT2D eigenvalue weighted by Gasteiger charge is -2.37. The maximum Gasteiger partial charge on any atom is 0.282 e. The molecule has 0 saturated carbocycles. The molecule has 0 radical (unpaired) electrons. The van der Waals surface area contributed by atoms with E-state index in [0.717, 1.165) is 28.0 Å². The highest BCUT2D eigenvalue weighted by Gasteiger charge is 2.44. The summed E-state index contributed by atoms with van der Waals surface area (Å²) in [6.45, 7) is 9.70. The minimum absolute atomic E-state index is 0.125. The van der Waals surface area contributed by atoms with Crippen molar-refractivity contribution in [1.29, 1.82) is 0 Å². The minimum Gasteiger partial charge on any atom is -0.366 e. The Hall–Kier alpha value is -2.66. The number of imide groups is 1. The fraction of sp³-hybridized carbons (Fsp3) is 0.360. The first kappa shape index (κ1) is 21.6. The Labute approximate surface area is 187 Å². The third kappa shape index (κ3) is 3.87. The van der Waals surface area contributed by atoms with Gasteiger partial charge in [-0.2, -0.15) is 0 Å². The summed E-state index contributed by atoms with van der Waals surface area (Å²) in [5, 5.41) is -0.125. The number of hydrogen-bond donors (Lipinski definition) is 0. The van der Waals surface area contributed by atoms with Crippen LogP contribution in [0.15, 0.2) is 42.1 Å². The normalized spacial score (nSPS) is 22.0. The molecule has 0 aromatic heterocycles. The highest BCUT2D eigenvalue weighted by atomic mass is 35.5. The van der Waals surface area contributed by atoms with Crippen LogP contribution in [0.5, 0.6) is 0 Å². The number of likely N-dealkylation sites (tertiary alicyclic amines) is 1. The molecule has 2 aliphatic rings. The maximum atomic E-state index is 13.7. The van der Waals surface area contributed by atoms with Crippen LogP contribution in [-0.4, -0.2) is 29.8 Å². The Bertz CT molecular complexity index is 1100. The highest BCUT2D eigenvalue weighted by Crippen LogP contribution is 2.39. The second-order valence-electron chi connectivity index (χ2n) is 8.94. The third-order valence-electron chi connectivity index (χ3n) is 6.06. The Balaban J connectivity index is 1.87. The van der Waals surface area contributed by atoms with Crippen molar-refractivity contribution in [2.45, 2.75) is 34.1 Å². The molecule has 4 nitrogen and oxygen atoms in total. The van der Waals surface area contributed by atoms with E-state index in [9.17, 15) is 14.0 Å². The number of piperidine rings is 1. The van der Waals surface area contributed by atoms with E-state index < -0.39 is 11.7 Å². The molecule has 2 unspecified atom stereocenters. The summed E-state index contributed by atoms with van der Waals surface area (Å²) in [5.41, 5.74) is 3.88. The van der Waals surface area contributed by atoms with Crippen molar-refractivity contribution in [1.82, 2.24) is 4.90 Å². The van der Waals surface area contributed by atoms with Gasteiger partial charge in [-0.25, -0.2) is 9.29 Å². The van der Waals surface area contributed by atoms with Crippen molar-refractivity contribution in [3.63, 3.8) is 0 Å². The zero-order valence-corrected chi connectivity index (χ0v) is 19.0. The molecule has 0 N–H and O–H groups in total. The lowest BCUT2D eigenvalue weighted by Crippen LogP contribution is -2.42. The number of benzene rings is 2. The predicted molar refractivity (Wildman–Crippen MR) is 121 cm³/mol. The number of aryl methyl sites for hydroxylation is 2. The molecular weight excluding hydrogens is 415 g/mol. The molecule has 1 fully saturated rings. The molecule has 0 spiro atoms. The van der Waals surface area contributed by atoms with Gasteiger partial charge in [0.1, 0.15) is 11.5 Å². The number of hydrogen-bond acceptors (Lipinski definition) is 3. The molecule has 6 heteroatoms. The molecule has 2 aromatic rings. The largest absolute Gasteiger partial charge is 0.366 e. The van der Waals surface area contributed by atoms with E-state index in [1.807, 2.05) is 32.0 Å². The molecule has 2 amide bonds. The number of nitrogens with zero attached hydrogens (tertiary/aromatic N) is 2. The summed E-state index contributed by atoms with van der Waals surface area (Å²) in [6, 6.07) is 9.79. The van der Waals surface area contributed by atoms with Crippen LogP contribution in [0.3, 0.4) is 0 Å². The molecule has 2 aromatic carbocycles. The first-order valence-corrected chi connectivity index (χ1v) is 11.0. The second-order valence-corrected chi connectivity index (χ2v) is 9.34. The van der Waals surface area contributed by atoms with E-state index in [0.29, 0.717) is 36.2 Å². The Kier molecular flexibility index (Phi) is 5.65. The van der Waals surface area contributed by atoms with Crippen molar-refractivity contribution in [3.05, 3.63) is 69.6 Å². The summed E-state index contributed by atoms with van der Waals surface area (Å²) >= 11 is 5.96. The molecule has 2 atom stereocenters. The molecule has 0 bridgehead atoms. The lowest BCUT2D eigenvalue weighted by molar-refractivity contribution is -0.120. The van der Waals surface area contributed by atoms with E-state index in [2.05, 4.69) is 18.7 Å². The molecule has 2 aliphatic heterocycles. The van der Waals surface area contributed by atoms with Gasteiger partial charge in [-0.3, -0.25) is 9.59 Å². The predicted octanol–water partition coefficient (Wildman–Crippen LogP) is 5.36. The Morgan fingerprint density at radius 3 is 2.26 bits per heavy atom. The number of carbonyl (C=O) groups excluding carboxylic acids is 2. The molecular formula is C25H26ClFN2O2. The molecule has 4 rings (SSSR count). The average Bonchev–Trinajstić information content (AvgIpc) is 2.94. The van der Waals surface area contributed by atoms with Gasteiger partial charge < -0.3 is 4.90 Å². The van der Waals surface area contributed by atoms with Crippen LogP contribution >= 0.6 is 11.6 Å². The fourth-order valence-electron chi connectivity index (χ4n) is 4.85. The van der Waals surface area contributed by atoms with Crippen LogP contribution in [0.1, 0.15) is 37.0 Å². The van der Waals surface area contributed by atoms with Crippen LogP contribution < -0.4 is 4.90 Å². The standard InChI is InChI=1S/C25H26ClFN2O2/c1-14-5-7-19(17(4)10-14)22-23(28-12-15(2)9-16(3)13-28)25(31)29(24(22)30)18-6-8-21(27)20(26)11-18/h5-8,10-11,15-16H,9,12-13H2,1-4H3. The van der Waals surface area contributed by atoms with Crippen LogP contribution in [-0.2, 0) is 9.59 Å². The van der Waals surface area contributed by atoms with Crippen LogP contribution in [0.2, 0.25) is 5.02 Å². The monoisotopic (exact) mass is 440 g/mol. The number of anilines is 1. The van der Waals surface area contributed by atoms with Gasteiger partial charge in [0.15, 0.2) is 0 Å². The van der Waals surface area contributed by atoms with Gasteiger partial charge in [0.25, 0.3) is 11.8 Å². The van der Waals surface area contributed by atoms with E-state index >= 15 is 0 Å². The molecule has 0 aliphatic carbocycles. The minimum atomic E-state index is -0.592. The van der Waals surface area contributed by atoms with Gasteiger partial charge in [0.2, 0.25) is 0 Å². The average molecular weight is 441 g/mol. The van der Waals surface area contributed by atoms with Gasteiger partial charge in [-0.05, 0) is 61.4 Å². The van der Waals surface area contributed by atoms with Gasteiger partial charge in [-0.15, -0.1) is 0 Å². The van der Waals surface area contributed by atoms with Crippen LogP contribution in [0.4, 0.5) is 10.1 Å². The number of rotatable bonds is 3. The van der Waals surface area contributed by atoms with Crippen molar-refractivity contribution < 1.29 is 14.0 Å². The SMILES string of the molecule is Cc1ccc(C2=C(N3CC(C)CC(C)C3)C(=O)N(c3ccc(F)c(Cl)c3)C2=O)c(C)c1. The van der Waals surface area contributed by atoms with Crippen molar-refractivity contribution >= 4 is 34.7 Å². The van der Waals surface area contributed by atoms with Crippen LogP contribution in [0.25, 0.3) is 5.57 Å². The number of halogens is 2. The van der Waals surface area contributed by atoms with Gasteiger partial charge >= 0.3 is 0 Å². The fourth-order valence-corrected chi connectivity index (χ4v) is 5.03. The maximum absolute atomic E-state index is 13.7. The summed E-state index contributed by atoms with van der Waals surface area (Å²) < 4.78 is 13.7. The van der Waals surface area contributed by atoms with Gasteiger partial charge in [0.05, 0.1) is 16.3 Å². The molecule has 31 heavy (non-hydrogen) atoms. The smallest absolute Gasteiger partial charge is 0.282 e.